The van der Waals surface area contributed by atoms with Crippen LogP contribution in [0.25, 0.3) is 44.2 Å². The summed E-state index contributed by atoms with van der Waals surface area (Å²) in [6.07, 6.45) is 0. The molecule has 0 fully saturated rings. The van der Waals surface area contributed by atoms with Crippen LogP contribution in [0.2, 0.25) is 0 Å². The Kier molecular flexibility index (Phi) is 3.85. The van der Waals surface area contributed by atoms with Gasteiger partial charge in [-0.05, 0) is 41.0 Å². The van der Waals surface area contributed by atoms with E-state index in [4.69, 9.17) is 4.98 Å². The number of aliphatic hydroxyl groups excluding tert-OH is 1. The third kappa shape index (κ3) is 2.71. The molecule has 4 heteroatoms. The van der Waals surface area contributed by atoms with Crippen LogP contribution in [0.3, 0.4) is 0 Å². The number of aromatic amines is 1. The van der Waals surface area contributed by atoms with E-state index < -0.39 is 0 Å². The molecule has 136 valence electrons. The lowest BCUT2D eigenvalue weighted by molar-refractivity contribution is 0.282. The Labute approximate surface area is 161 Å². The van der Waals surface area contributed by atoms with Crippen LogP contribution in [0.5, 0.6) is 5.88 Å². The average Bonchev–Trinajstić information content (AvgIpc) is 3.08. The van der Waals surface area contributed by atoms with Crippen molar-refractivity contribution in [3.05, 3.63) is 84.4 Å². The Hall–Kier alpha value is -3.63. The van der Waals surface area contributed by atoms with Crippen molar-refractivity contribution in [3.8, 4) is 28.3 Å². The molecule has 0 unspecified atom stereocenters. The molecule has 0 aliphatic carbocycles. The first-order valence-corrected chi connectivity index (χ1v) is 9.14. The minimum Gasteiger partial charge on any atom is -0.494 e. The number of H-pyrrole nitrogens is 1. The zero-order valence-corrected chi connectivity index (χ0v) is 15.1. The van der Waals surface area contributed by atoms with Gasteiger partial charge in [-0.15, -0.1) is 0 Å². The van der Waals surface area contributed by atoms with Gasteiger partial charge in [-0.25, -0.2) is 4.98 Å². The van der Waals surface area contributed by atoms with Gasteiger partial charge < -0.3 is 15.2 Å². The highest BCUT2D eigenvalue weighted by Gasteiger charge is 2.15. The summed E-state index contributed by atoms with van der Waals surface area (Å²) in [7, 11) is 0. The Balaban J connectivity index is 1.68. The van der Waals surface area contributed by atoms with Crippen LogP contribution in [-0.2, 0) is 6.61 Å². The van der Waals surface area contributed by atoms with Crippen molar-refractivity contribution in [2.75, 3.05) is 0 Å². The lowest BCUT2D eigenvalue weighted by Crippen LogP contribution is -1.86. The van der Waals surface area contributed by atoms with E-state index >= 15 is 0 Å². The van der Waals surface area contributed by atoms with Crippen molar-refractivity contribution < 1.29 is 10.2 Å². The molecule has 0 radical (unpaired) electrons. The standard InChI is InChI=1S/C24H18N2O2/c27-14-15-5-7-16(8-6-15)18-10-11-21-19(13-18)23(24(28)26-21)22-12-9-17-3-1-2-4-20(17)25-22/h1-13,26-28H,14H2. The van der Waals surface area contributed by atoms with E-state index in [-0.39, 0.29) is 12.5 Å². The second kappa shape index (κ2) is 6.51. The molecule has 0 saturated carbocycles. The van der Waals surface area contributed by atoms with Gasteiger partial charge in [-0.1, -0.05) is 54.6 Å². The van der Waals surface area contributed by atoms with E-state index in [1.54, 1.807) is 0 Å². The molecule has 5 aromatic rings. The molecule has 0 aliphatic heterocycles. The number of aromatic hydroxyl groups is 1. The molecule has 0 spiro atoms. The summed E-state index contributed by atoms with van der Waals surface area (Å²) in [5.74, 6) is 0.116. The molecule has 28 heavy (non-hydrogen) atoms. The molecule has 0 atom stereocenters. The number of fused-ring (bicyclic) bond motifs is 2. The predicted molar refractivity (Wildman–Crippen MR) is 112 cm³/mol. The van der Waals surface area contributed by atoms with Crippen molar-refractivity contribution >= 4 is 21.8 Å². The molecule has 2 heterocycles. The Morgan fingerprint density at radius 3 is 2.43 bits per heavy atom. The third-order valence-electron chi connectivity index (χ3n) is 5.10. The van der Waals surface area contributed by atoms with Crippen LogP contribution in [-0.4, -0.2) is 20.2 Å². The van der Waals surface area contributed by atoms with Crippen LogP contribution < -0.4 is 0 Å². The van der Waals surface area contributed by atoms with Crippen molar-refractivity contribution in [2.24, 2.45) is 0 Å². The van der Waals surface area contributed by atoms with E-state index in [1.165, 1.54) is 0 Å². The summed E-state index contributed by atoms with van der Waals surface area (Å²) >= 11 is 0. The highest BCUT2D eigenvalue weighted by Crippen LogP contribution is 2.38. The molecule has 5 rings (SSSR count). The molecule has 0 aliphatic rings. The second-order valence-electron chi connectivity index (χ2n) is 6.85. The first-order chi connectivity index (χ1) is 13.7. The van der Waals surface area contributed by atoms with Crippen LogP contribution in [0, 0.1) is 0 Å². The Morgan fingerprint density at radius 1 is 0.821 bits per heavy atom. The number of benzene rings is 3. The van der Waals surface area contributed by atoms with Crippen molar-refractivity contribution in [1.29, 1.82) is 0 Å². The van der Waals surface area contributed by atoms with Gasteiger partial charge in [0.1, 0.15) is 0 Å². The maximum Gasteiger partial charge on any atom is 0.199 e. The van der Waals surface area contributed by atoms with Crippen LogP contribution in [0.1, 0.15) is 5.56 Å². The SMILES string of the molecule is OCc1ccc(-c2ccc3[nH]c(O)c(-c4ccc5ccccc5n4)c3c2)cc1. The predicted octanol–water partition coefficient (Wildman–Crippen LogP) is 5.25. The number of para-hydroxylation sites is 1. The van der Waals surface area contributed by atoms with Gasteiger partial charge >= 0.3 is 0 Å². The molecular formula is C24H18N2O2. The fraction of sp³-hybridized carbons (Fsp3) is 0.0417. The Bertz CT molecular complexity index is 1300. The highest BCUT2D eigenvalue weighted by atomic mass is 16.3. The van der Waals surface area contributed by atoms with E-state index in [0.717, 1.165) is 44.2 Å². The topological polar surface area (TPSA) is 69.1 Å². The van der Waals surface area contributed by atoms with Gasteiger partial charge in [-0.2, -0.15) is 0 Å². The molecule has 3 N–H and O–H groups in total. The number of hydrogen-bond donors (Lipinski definition) is 3. The van der Waals surface area contributed by atoms with Gasteiger partial charge in [0.15, 0.2) is 5.88 Å². The first-order valence-electron chi connectivity index (χ1n) is 9.14. The summed E-state index contributed by atoms with van der Waals surface area (Å²) < 4.78 is 0. The number of aliphatic hydroxyl groups is 1. The van der Waals surface area contributed by atoms with Crippen LogP contribution in [0.4, 0.5) is 0 Å². The van der Waals surface area contributed by atoms with Gasteiger partial charge in [0, 0.05) is 16.3 Å². The zero-order valence-electron chi connectivity index (χ0n) is 15.1. The highest BCUT2D eigenvalue weighted by molar-refractivity contribution is 6.01. The molecule has 4 nitrogen and oxygen atoms in total. The Morgan fingerprint density at radius 2 is 1.61 bits per heavy atom. The van der Waals surface area contributed by atoms with E-state index in [0.29, 0.717) is 5.56 Å². The summed E-state index contributed by atoms with van der Waals surface area (Å²) in [6, 6.07) is 25.8. The summed E-state index contributed by atoms with van der Waals surface area (Å²) in [5, 5.41) is 21.8. The number of hydrogen-bond acceptors (Lipinski definition) is 3. The van der Waals surface area contributed by atoms with Crippen LogP contribution in [0.15, 0.2) is 78.9 Å². The van der Waals surface area contributed by atoms with Crippen molar-refractivity contribution in [2.45, 2.75) is 6.61 Å². The largest absolute Gasteiger partial charge is 0.494 e. The molecule has 0 saturated heterocycles. The third-order valence-corrected chi connectivity index (χ3v) is 5.10. The number of nitrogens with one attached hydrogen (secondary N) is 1. The minimum absolute atomic E-state index is 0.0305. The zero-order chi connectivity index (χ0) is 19.1. The van der Waals surface area contributed by atoms with Gasteiger partial charge in [0.2, 0.25) is 0 Å². The number of aromatic nitrogens is 2. The lowest BCUT2D eigenvalue weighted by Gasteiger charge is -2.06. The quantitative estimate of drug-likeness (QED) is 0.408. The van der Waals surface area contributed by atoms with E-state index in [1.807, 2.05) is 72.8 Å². The van der Waals surface area contributed by atoms with Gasteiger partial charge in [0.05, 0.1) is 23.4 Å². The molecule has 2 aromatic heterocycles. The number of nitrogens with zero attached hydrogens (tertiary/aromatic N) is 1. The molecule has 0 bridgehead atoms. The molecular weight excluding hydrogens is 348 g/mol. The first kappa shape index (κ1) is 16.5. The fourth-order valence-electron chi connectivity index (χ4n) is 3.62. The van der Waals surface area contributed by atoms with E-state index in [9.17, 15) is 10.2 Å². The maximum atomic E-state index is 10.6. The van der Waals surface area contributed by atoms with Crippen LogP contribution >= 0.6 is 0 Å². The fourth-order valence-corrected chi connectivity index (χ4v) is 3.62. The molecule has 3 aromatic carbocycles. The van der Waals surface area contributed by atoms with Crippen molar-refractivity contribution in [3.63, 3.8) is 0 Å². The number of pyridine rings is 1. The monoisotopic (exact) mass is 366 g/mol. The van der Waals surface area contributed by atoms with Crippen molar-refractivity contribution in [1.82, 2.24) is 9.97 Å². The summed E-state index contributed by atoms with van der Waals surface area (Å²) in [5.41, 5.74) is 6.16. The van der Waals surface area contributed by atoms with Gasteiger partial charge in [-0.3, -0.25) is 0 Å². The maximum absolute atomic E-state index is 10.6. The number of rotatable bonds is 3. The van der Waals surface area contributed by atoms with E-state index in [2.05, 4.69) is 11.1 Å². The summed E-state index contributed by atoms with van der Waals surface area (Å²) in [4.78, 5) is 7.80. The van der Waals surface area contributed by atoms with Gasteiger partial charge in [0.25, 0.3) is 0 Å². The minimum atomic E-state index is 0.0305. The average molecular weight is 366 g/mol. The lowest BCUT2D eigenvalue weighted by atomic mass is 10.0. The molecule has 0 amide bonds. The second-order valence-corrected chi connectivity index (χ2v) is 6.85. The normalized spacial score (nSPS) is 11.3. The summed E-state index contributed by atoms with van der Waals surface area (Å²) in [6.45, 7) is 0.0305. The smallest absolute Gasteiger partial charge is 0.199 e.